The zero-order valence-corrected chi connectivity index (χ0v) is 16.2. The van der Waals surface area contributed by atoms with Gasteiger partial charge in [0.25, 0.3) is 0 Å². The number of ether oxygens (including phenoxy) is 3. The van der Waals surface area contributed by atoms with Gasteiger partial charge >= 0.3 is 0 Å². The number of nitrogens with zero attached hydrogens (tertiary/aromatic N) is 1. The van der Waals surface area contributed by atoms with Gasteiger partial charge in [0.05, 0.1) is 33.8 Å². The van der Waals surface area contributed by atoms with Crippen molar-refractivity contribution >= 4 is 17.5 Å². The van der Waals surface area contributed by atoms with E-state index in [-0.39, 0.29) is 30.7 Å². The van der Waals surface area contributed by atoms with Gasteiger partial charge in [-0.2, -0.15) is 0 Å². The Morgan fingerprint density at radius 3 is 2.39 bits per heavy atom. The van der Waals surface area contributed by atoms with Crippen LogP contribution in [0.15, 0.2) is 42.5 Å². The second kappa shape index (κ2) is 8.65. The van der Waals surface area contributed by atoms with E-state index in [0.29, 0.717) is 18.0 Å². The number of carbonyl (C=O) groups is 2. The summed E-state index contributed by atoms with van der Waals surface area (Å²) in [6.07, 6.45) is 0.483. The second-order valence-electron chi connectivity index (χ2n) is 6.54. The van der Waals surface area contributed by atoms with Gasteiger partial charge in [-0.1, -0.05) is 6.07 Å². The van der Waals surface area contributed by atoms with Crippen molar-refractivity contribution in [2.24, 2.45) is 0 Å². The predicted molar refractivity (Wildman–Crippen MR) is 105 cm³/mol. The number of anilines is 1. The van der Waals surface area contributed by atoms with Crippen molar-refractivity contribution in [1.29, 1.82) is 0 Å². The molecule has 1 fully saturated rings. The molecule has 7 heteroatoms. The standard InChI is InChI=1S/C21H24N2O5/c1-26-17-7-5-16(6-8-17)23-13-15(12-21(23)25)22-20(24)11-14-4-9-18(27-2)19(10-14)28-3/h4-10,15H,11-13H2,1-3H3,(H,22,24). The number of benzene rings is 2. The number of hydrogen-bond acceptors (Lipinski definition) is 5. The van der Waals surface area contributed by atoms with Gasteiger partial charge in [0, 0.05) is 18.7 Å². The molecule has 3 rings (SSSR count). The van der Waals surface area contributed by atoms with Crippen LogP contribution < -0.4 is 24.4 Å². The Morgan fingerprint density at radius 1 is 1.04 bits per heavy atom. The molecule has 1 unspecified atom stereocenters. The van der Waals surface area contributed by atoms with Gasteiger partial charge < -0.3 is 24.4 Å². The summed E-state index contributed by atoms with van der Waals surface area (Å²) in [4.78, 5) is 26.5. The number of hydrogen-bond donors (Lipinski definition) is 1. The Kier molecular flexibility index (Phi) is 6.03. The van der Waals surface area contributed by atoms with Gasteiger partial charge in [0.15, 0.2) is 11.5 Å². The molecule has 0 aliphatic carbocycles. The average Bonchev–Trinajstić information content (AvgIpc) is 3.07. The first kappa shape index (κ1) is 19.5. The molecule has 0 spiro atoms. The zero-order valence-electron chi connectivity index (χ0n) is 16.2. The van der Waals surface area contributed by atoms with Crippen molar-refractivity contribution in [2.75, 3.05) is 32.8 Å². The molecule has 0 radical (unpaired) electrons. The lowest BCUT2D eigenvalue weighted by atomic mass is 10.1. The van der Waals surface area contributed by atoms with Crippen LogP contribution in [0.25, 0.3) is 0 Å². The first-order valence-electron chi connectivity index (χ1n) is 8.98. The van der Waals surface area contributed by atoms with Crippen LogP contribution >= 0.6 is 0 Å². The molecule has 1 N–H and O–H groups in total. The Bertz CT molecular complexity index is 850. The molecule has 2 aromatic rings. The molecule has 1 saturated heterocycles. The van der Waals surface area contributed by atoms with Crippen molar-refractivity contribution in [1.82, 2.24) is 5.32 Å². The van der Waals surface area contributed by atoms with Crippen LogP contribution in [0.5, 0.6) is 17.2 Å². The molecule has 1 atom stereocenters. The third-order valence-electron chi connectivity index (χ3n) is 4.69. The maximum absolute atomic E-state index is 12.4. The monoisotopic (exact) mass is 384 g/mol. The van der Waals surface area contributed by atoms with Crippen molar-refractivity contribution in [3.8, 4) is 17.2 Å². The third-order valence-corrected chi connectivity index (χ3v) is 4.69. The van der Waals surface area contributed by atoms with E-state index in [4.69, 9.17) is 14.2 Å². The Labute approximate surface area is 164 Å². The highest BCUT2D eigenvalue weighted by Gasteiger charge is 2.31. The lowest BCUT2D eigenvalue weighted by Crippen LogP contribution is -2.38. The van der Waals surface area contributed by atoms with Crippen LogP contribution in [0.4, 0.5) is 5.69 Å². The predicted octanol–water partition coefficient (Wildman–Crippen LogP) is 2.18. The first-order chi connectivity index (χ1) is 13.5. The summed E-state index contributed by atoms with van der Waals surface area (Å²) in [5.41, 5.74) is 1.61. The quantitative estimate of drug-likeness (QED) is 0.792. The maximum Gasteiger partial charge on any atom is 0.229 e. The lowest BCUT2D eigenvalue weighted by Gasteiger charge is -2.17. The molecule has 1 heterocycles. The summed E-state index contributed by atoms with van der Waals surface area (Å²) in [5, 5.41) is 2.95. The Hall–Kier alpha value is -3.22. The molecular weight excluding hydrogens is 360 g/mol. The molecule has 1 aliphatic rings. The van der Waals surface area contributed by atoms with E-state index in [2.05, 4.69) is 5.32 Å². The molecule has 28 heavy (non-hydrogen) atoms. The van der Waals surface area contributed by atoms with Crippen LogP contribution in [-0.4, -0.2) is 45.7 Å². The van der Waals surface area contributed by atoms with E-state index in [1.54, 1.807) is 38.4 Å². The summed E-state index contributed by atoms with van der Waals surface area (Å²) in [7, 11) is 4.72. The summed E-state index contributed by atoms with van der Waals surface area (Å²) in [6.45, 7) is 0.447. The topological polar surface area (TPSA) is 77.1 Å². The van der Waals surface area contributed by atoms with E-state index in [0.717, 1.165) is 17.0 Å². The van der Waals surface area contributed by atoms with E-state index in [1.807, 2.05) is 30.3 Å². The van der Waals surface area contributed by atoms with Gasteiger partial charge in [-0.05, 0) is 42.0 Å². The molecule has 7 nitrogen and oxygen atoms in total. The van der Waals surface area contributed by atoms with Gasteiger partial charge in [-0.3, -0.25) is 9.59 Å². The minimum Gasteiger partial charge on any atom is -0.497 e. The maximum atomic E-state index is 12.4. The van der Waals surface area contributed by atoms with Crippen molar-refractivity contribution in [2.45, 2.75) is 18.9 Å². The van der Waals surface area contributed by atoms with Gasteiger partial charge in [-0.25, -0.2) is 0 Å². The van der Waals surface area contributed by atoms with Crippen LogP contribution in [-0.2, 0) is 16.0 Å². The minimum atomic E-state index is -0.220. The van der Waals surface area contributed by atoms with Crippen LogP contribution in [0.1, 0.15) is 12.0 Å². The highest BCUT2D eigenvalue weighted by atomic mass is 16.5. The minimum absolute atomic E-state index is 0.0124. The zero-order chi connectivity index (χ0) is 20.1. The Balaban J connectivity index is 1.59. The normalized spacial score (nSPS) is 16.0. The van der Waals surface area contributed by atoms with Crippen molar-refractivity contribution in [3.63, 3.8) is 0 Å². The summed E-state index contributed by atoms with van der Waals surface area (Å²) < 4.78 is 15.6. The molecule has 2 amide bonds. The molecule has 0 bridgehead atoms. The number of amides is 2. The fourth-order valence-corrected chi connectivity index (χ4v) is 3.27. The van der Waals surface area contributed by atoms with Crippen molar-refractivity contribution < 1.29 is 23.8 Å². The fraction of sp³-hybridized carbons (Fsp3) is 0.333. The second-order valence-corrected chi connectivity index (χ2v) is 6.54. The molecule has 0 saturated carbocycles. The van der Waals surface area contributed by atoms with E-state index >= 15 is 0 Å². The molecular formula is C21H24N2O5. The number of rotatable bonds is 7. The van der Waals surface area contributed by atoms with E-state index in [9.17, 15) is 9.59 Å². The fourth-order valence-electron chi connectivity index (χ4n) is 3.27. The molecule has 1 aliphatic heterocycles. The number of nitrogens with one attached hydrogen (secondary N) is 1. The smallest absolute Gasteiger partial charge is 0.229 e. The highest BCUT2D eigenvalue weighted by Crippen LogP contribution is 2.28. The van der Waals surface area contributed by atoms with Crippen LogP contribution in [0.2, 0.25) is 0 Å². The molecule has 2 aromatic carbocycles. The summed E-state index contributed by atoms with van der Waals surface area (Å²) in [6, 6.07) is 12.5. The first-order valence-corrected chi connectivity index (χ1v) is 8.98. The van der Waals surface area contributed by atoms with Crippen LogP contribution in [0, 0.1) is 0 Å². The number of methoxy groups -OCH3 is 3. The van der Waals surface area contributed by atoms with E-state index < -0.39 is 0 Å². The van der Waals surface area contributed by atoms with Gasteiger partial charge in [-0.15, -0.1) is 0 Å². The van der Waals surface area contributed by atoms with Crippen molar-refractivity contribution in [3.05, 3.63) is 48.0 Å². The van der Waals surface area contributed by atoms with Gasteiger partial charge in [0.1, 0.15) is 5.75 Å². The summed E-state index contributed by atoms with van der Waals surface area (Å²) >= 11 is 0. The number of carbonyl (C=O) groups excluding carboxylic acids is 2. The van der Waals surface area contributed by atoms with E-state index in [1.165, 1.54) is 0 Å². The van der Waals surface area contributed by atoms with Gasteiger partial charge in [0.2, 0.25) is 11.8 Å². The lowest BCUT2D eigenvalue weighted by molar-refractivity contribution is -0.121. The largest absolute Gasteiger partial charge is 0.497 e. The molecule has 0 aromatic heterocycles. The summed E-state index contributed by atoms with van der Waals surface area (Å²) in [5.74, 6) is 1.77. The van der Waals surface area contributed by atoms with Crippen LogP contribution in [0.3, 0.4) is 0 Å². The SMILES string of the molecule is COc1ccc(N2CC(NC(=O)Cc3ccc(OC)c(OC)c3)CC2=O)cc1. The molecule has 148 valence electrons. The Morgan fingerprint density at radius 2 is 1.75 bits per heavy atom. The highest BCUT2D eigenvalue weighted by molar-refractivity contribution is 5.97. The average molecular weight is 384 g/mol. The third kappa shape index (κ3) is 4.36.